The number of hydrogen-bond acceptors (Lipinski definition) is 5. The predicted octanol–water partition coefficient (Wildman–Crippen LogP) is 4.72. The Labute approximate surface area is 190 Å². The molecule has 0 spiro atoms. The fraction of sp³-hybridized carbons (Fsp3) is 0.593. The number of hydrogen-bond donors (Lipinski definition) is 1. The summed E-state index contributed by atoms with van der Waals surface area (Å²) in [6.45, 7) is 9.89. The fourth-order valence-corrected chi connectivity index (χ4v) is 6.98. The van der Waals surface area contributed by atoms with Crippen molar-refractivity contribution in [3.8, 4) is 0 Å². The summed E-state index contributed by atoms with van der Waals surface area (Å²) >= 11 is 0. The Morgan fingerprint density at radius 3 is 2.69 bits per heavy atom. The van der Waals surface area contributed by atoms with Crippen LogP contribution in [0.5, 0.6) is 0 Å². The molecular weight excluding hydrogens is 404 g/mol. The van der Waals surface area contributed by atoms with Gasteiger partial charge in [-0.3, -0.25) is 0 Å². The number of ether oxygens (including phenoxy) is 3. The first-order chi connectivity index (χ1) is 15.3. The number of cyclic esters (lactones) is 1. The van der Waals surface area contributed by atoms with Crippen LogP contribution in [0.1, 0.15) is 57.8 Å². The first-order valence-corrected chi connectivity index (χ1v) is 11.9. The molecule has 0 unspecified atom stereocenters. The van der Waals surface area contributed by atoms with Crippen molar-refractivity contribution < 1.29 is 24.1 Å². The molecule has 5 nitrogen and oxygen atoms in total. The minimum atomic E-state index is -0.814. The maximum absolute atomic E-state index is 12.0. The van der Waals surface area contributed by atoms with E-state index in [4.69, 9.17) is 14.2 Å². The summed E-state index contributed by atoms with van der Waals surface area (Å²) in [5.41, 5.74) is 2.72. The van der Waals surface area contributed by atoms with E-state index < -0.39 is 12.1 Å². The molecule has 1 aromatic rings. The Morgan fingerprint density at radius 1 is 1.19 bits per heavy atom. The topological polar surface area (TPSA) is 65.0 Å². The zero-order chi connectivity index (χ0) is 22.5. The Hall–Kier alpha value is -1.95. The lowest BCUT2D eigenvalue weighted by atomic mass is 9.46. The van der Waals surface area contributed by atoms with Crippen LogP contribution in [-0.4, -0.2) is 36.5 Å². The smallest absolute Gasteiger partial charge is 0.336 e. The van der Waals surface area contributed by atoms with Crippen molar-refractivity contribution in [2.24, 2.45) is 22.7 Å². The van der Waals surface area contributed by atoms with Gasteiger partial charge in [0.05, 0.1) is 18.3 Å². The Balaban J connectivity index is 1.38. The quantitative estimate of drug-likeness (QED) is 0.420. The van der Waals surface area contributed by atoms with E-state index in [-0.39, 0.29) is 35.7 Å². The molecule has 32 heavy (non-hydrogen) atoms. The number of rotatable bonds is 3. The second-order valence-electron chi connectivity index (χ2n) is 10.5. The molecule has 1 N–H and O–H groups in total. The van der Waals surface area contributed by atoms with Gasteiger partial charge in [-0.1, -0.05) is 62.4 Å². The van der Waals surface area contributed by atoms with Crippen LogP contribution in [-0.2, 0) is 19.0 Å². The van der Waals surface area contributed by atoms with E-state index in [1.165, 1.54) is 5.57 Å². The first kappa shape index (κ1) is 21.9. The van der Waals surface area contributed by atoms with Crippen LogP contribution < -0.4 is 0 Å². The highest BCUT2D eigenvalue weighted by Gasteiger charge is 2.60. The van der Waals surface area contributed by atoms with Crippen LogP contribution in [0.4, 0.5) is 0 Å². The van der Waals surface area contributed by atoms with Gasteiger partial charge < -0.3 is 19.3 Å². The average Bonchev–Trinajstić information content (AvgIpc) is 3.10. The number of aliphatic hydroxyl groups is 1. The van der Waals surface area contributed by atoms with Gasteiger partial charge >= 0.3 is 5.97 Å². The lowest BCUT2D eigenvalue weighted by Gasteiger charge is -2.62. The summed E-state index contributed by atoms with van der Waals surface area (Å²) < 4.78 is 17.9. The van der Waals surface area contributed by atoms with E-state index >= 15 is 0 Å². The summed E-state index contributed by atoms with van der Waals surface area (Å²) in [6.07, 6.45) is 5.77. The van der Waals surface area contributed by atoms with Crippen molar-refractivity contribution in [3.63, 3.8) is 0 Å². The van der Waals surface area contributed by atoms with Crippen molar-refractivity contribution >= 4 is 5.97 Å². The molecule has 5 heteroatoms. The maximum Gasteiger partial charge on any atom is 0.336 e. The van der Waals surface area contributed by atoms with Crippen molar-refractivity contribution in [1.82, 2.24) is 0 Å². The number of esters is 1. The number of fused-ring (bicyclic) bond motifs is 3. The monoisotopic (exact) mass is 438 g/mol. The highest BCUT2D eigenvalue weighted by atomic mass is 16.7. The Kier molecular flexibility index (Phi) is 5.55. The molecule has 7 atom stereocenters. The van der Waals surface area contributed by atoms with Crippen molar-refractivity contribution in [2.75, 3.05) is 13.2 Å². The van der Waals surface area contributed by atoms with Crippen molar-refractivity contribution in [2.45, 2.75) is 64.4 Å². The van der Waals surface area contributed by atoms with Crippen molar-refractivity contribution in [1.29, 1.82) is 0 Å². The zero-order valence-electron chi connectivity index (χ0n) is 19.1. The molecule has 0 bridgehead atoms. The van der Waals surface area contributed by atoms with Gasteiger partial charge in [0, 0.05) is 11.0 Å². The number of allylic oxidation sites excluding steroid dienone is 2. The standard InChI is InChI=1S/C27H34O5/c1-17-9-12-22-26(2,20(17)11-10-19-21(28)15-30-24(19)29)14-13-23-27(22,3)16-31-25(32-23)18-7-5-4-6-8-18/h4-8,10,20-23,25,28H,1,9,11-16H2,2-3H3/b19-10+/t20-,21-,22+,23-,25-,26+,27+/m1/s1. The van der Waals surface area contributed by atoms with Crippen molar-refractivity contribution in [3.05, 3.63) is 59.7 Å². The largest absolute Gasteiger partial charge is 0.459 e. The second kappa shape index (κ2) is 8.12. The van der Waals surface area contributed by atoms with Gasteiger partial charge in [0.1, 0.15) is 12.7 Å². The molecule has 4 fully saturated rings. The number of aliphatic hydroxyl groups excluding tert-OH is 1. The van der Waals surface area contributed by atoms with E-state index in [0.29, 0.717) is 24.5 Å². The summed E-state index contributed by atoms with van der Waals surface area (Å²) in [5.74, 6) is 0.316. The van der Waals surface area contributed by atoms with Crippen LogP contribution in [0.25, 0.3) is 0 Å². The molecule has 5 rings (SSSR count). The Morgan fingerprint density at radius 2 is 1.97 bits per heavy atom. The highest BCUT2D eigenvalue weighted by Crippen LogP contribution is 2.63. The van der Waals surface area contributed by atoms with Gasteiger partial charge in [0.15, 0.2) is 6.29 Å². The Bertz CT molecular complexity index is 923. The first-order valence-electron chi connectivity index (χ1n) is 11.9. The lowest BCUT2D eigenvalue weighted by Crippen LogP contribution is -2.60. The molecule has 2 saturated heterocycles. The van der Waals surface area contributed by atoms with Crippen LogP contribution in [0, 0.1) is 22.7 Å². The van der Waals surface area contributed by atoms with Crippen LogP contribution >= 0.6 is 0 Å². The highest BCUT2D eigenvalue weighted by molar-refractivity contribution is 5.91. The zero-order valence-corrected chi connectivity index (χ0v) is 19.1. The van der Waals surface area contributed by atoms with E-state index in [2.05, 4.69) is 32.6 Å². The van der Waals surface area contributed by atoms with Gasteiger partial charge in [-0.05, 0) is 49.4 Å². The van der Waals surface area contributed by atoms with E-state index in [0.717, 1.165) is 31.2 Å². The molecule has 0 radical (unpaired) electrons. The molecule has 172 valence electrons. The predicted molar refractivity (Wildman–Crippen MR) is 120 cm³/mol. The number of carbonyl (C=O) groups is 1. The number of benzene rings is 1. The van der Waals surface area contributed by atoms with E-state index in [1.54, 1.807) is 0 Å². The average molecular weight is 439 g/mol. The van der Waals surface area contributed by atoms with E-state index in [9.17, 15) is 9.90 Å². The summed E-state index contributed by atoms with van der Waals surface area (Å²) in [4.78, 5) is 12.0. The number of carbonyl (C=O) groups excluding carboxylic acids is 1. The third-order valence-corrected chi connectivity index (χ3v) is 8.76. The molecule has 2 aliphatic carbocycles. The molecular formula is C27H34O5. The minimum absolute atomic E-state index is 0.0530. The summed E-state index contributed by atoms with van der Waals surface area (Å²) in [6, 6.07) is 10.2. The van der Waals surface area contributed by atoms with Crippen LogP contribution in [0.15, 0.2) is 54.1 Å². The van der Waals surface area contributed by atoms with Gasteiger partial charge in [0.2, 0.25) is 0 Å². The fourth-order valence-electron chi connectivity index (χ4n) is 6.98. The summed E-state index contributed by atoms with van der Waals surface area (Å²) in [5, 5.41) is 10.1. The van der Waals surface area contributed by atoms with Gasteiger partial charge in [0.25, 0.3) is 0 Å². The molecule has 0 amide bonds. The minimum Gasteiger partial charge on any atom is -0.459 e. The third kappa shape index (κ3) is 3.46. The SMILES string of the molecule is C=C1CC[C@@H]2[C@]3(C)CO[C@@H](c4ccccc4)O[C@@H]3CC[C@@]2(C)[C@@H]1C/C=C1/C(=O)OC[C@H]1O. The van der Waals surface area contributed by atoms with Gasteiger partial charge in [-0.25, -0.2) is 4.79 Å². The molecule has 0 aromatic heterocycles. The normalized spacial score (nSPS) is 43.0. The van der Waals surface area contributed by atoms with Crippen LogP contribution in [0.2, 0.25) is 0 Å². The second-order valence-corrected chi connectivity index (χ2v) is 10.5. The molecule has 2 saturated carbocycles. The van der Waals surface area contributed by atoms with Gasteiger partial charge in [-0.2, -0.15) is 0 Å². The molecule has 2 aliphatic heterocycles. The molecule has 1 aromatic carbocycles. The van der Waals surface area contributed by atoms with E-state index in [1.807, 2.05) is 24.3 Å². The molecule has 4 aliphatic rings. The van der Waals surface area contributed by atoms with Gasteiger partial charge in [-0.15, -0.1) is 0 Å². The molecule has 2 heterocycles. The van der Waals surface area contributed by atoms with Crippen LogP contribution in [0.3, 0.4) is 0 Å². The lowest BCUT2D eigenvalue weighted by molar-refractivity contribution is -0.307. The summed E-state index contributed by atoms with van der Waals surface area (Å²) in [7, 11) is 0. The maximum atomic E-state index is 12.0. The third-order valence-electron chi connectivity index (χ3n) is 8.76.